The van der Waals surface area contributed by atoms with E-state index in [0.717, 1.165) is 34.9 Å². The molecule has 1 saturated carbocycles. The third-order valence-corrected chi connectivity index (χ3v) is 8.99. The van der Waals surface area contributed by atoms with E-state index < -0.39 is 0 Å². The molecule has 4 aromatic carbocycles. The summed E-state index contributed by atoms with van der Waals surface area (Å²) in [5.41, 5.74) is 13.1. The fourth-order valence-corrected chi connectivity index (χ4v) is 6.33. The van der Waals surface area contributed by atoms with Gasteiger partial charge in [0.05, 0.1) is 0 Å². The van der Waals surface area contributed by atoms with Gasteiger partial charge in [-0.1, -0.05) is 117 Å². The third-order valence-electron chi connectivity index (χ3n) is 8.99. The molecular weight excluding hydrogens is 749 g/mol. The summed E-state index contributed by atoms with van der Waals surface area (Å²) in [5.74, 6) is 0.873. The van der Waals surface area contributed by atoms with Crippen molar-refractivity contribution in [1.29, 1.82) is 0 Å². The predicted molar refractivity (Wildman–Crippen MR) is 191 cm³/mol. The molecular formula is C44H42IrN2-2. The van der Waals surface area contributed by atoms with Crippen LogP contribution >= 0.6 is 0 Å². The van der Waals surface area contributed by atoms with E-state index in [0.29, 0.717) is 0 Å². The molecule has 239 valence electrons. The second-order valence-electron chi connectivity index (χ2n) is 12.5. The Morgan fingerprint density at radius 2 is 1.32 bits per heavy atom. The Hall–Kier alpha value is -4.17. The van der Waals surface area contributed by atoms with Crippen molar-refractivity contribution >= 4 is 0 Å². The van der Waals surface area contributed by atoms with Crippen molar-refractivity contribution < 1.29 is 20.1 Å². The second kappa shape index (κ2) is 17.1. The Bertz CT molecular complexity index is 1810. The first-order valence-corrected chi connectivity index (χ1v) is 16.6. The number of aryl methyl sites for hydroxylation is 2. The summed E-state index contributed by atoms with van der Waals surface area (Å²) in [6, 6.07) is 46.5. The van der Waals surface area contributed by atoms with Gasteiger partial charge in [-0.15, -0.1) is 71.3 Å². The molecule has 0 atom stereocenters. The third kappa shape index (κ3) is 9.44. The minimum atomic E-state index is 0. The molecule has 2 aromatic heterocycles. The van der Waals surface area contributed by atoms with E-state index in [-0.39, 0.29) is 20.1 Å². The minimum absolute atomic E-state index is 0. The molecule has 47 heavy (non-hydrogen) atoms. The summed E-state index contributed by atoms with van der Waals surface area (Å²) < 4.78 is 0. The fraction of sp³-hybridized carbons (Fsp3) is 0.227. The monoisotopic (exact) mass is 791 g/mol. The van der Waals surface area contributed by atoms with Crippen molar-refractivity contribution in [1.82, 2.24) is 9.97 Å². The number of hydrogen-bond donors (Lipinski definition) is 0. The number of rotatable bonds is 7. The Labute approximate surface area is 294 Å². The molecule has 6 aromatic rings. The predicted octanol–water partition coefficient (Wildman–Crippen LogP) is 11.1. The maximum atomic E-state index is 4.73. The first-order chi connectivity index (χ1) is 22.6. The van der Waals surface area contributed by atoms with Gasteiger partial charge in [0.25, 0.3) is 0 Å². The molecule has 0 N–H and O–H groups in total. The molecule has 0 bridgehead atoms. The van der Waals surface area contributed by atoms with Gasteiger partial charge in [0.1, 0.15) is 0 Å². The normalized spacial score (nSPS) is 12.8. The van der Waals surface area contributed by atoms with Crippen molar-refractivity contribution in [2.75, 3.05) is 0 Å². The maximum Gasteiger partial charge on any atom is 0.0242 e. The van der Waals surface area contributed by atoms with Crippen LogP contribution in [0.2, 0.25) is 0 Å². The van der Waals surface area contributed by atoms with Crippen molar-refractivity contribution in [3.05, 3.63) is 168 Å². The van der Waals surface area contributed by atoms with Crippen LogP contribution in [0.5, 0.6) is 0 Å². The molecule has 1 aliphatic rings. The SMILES string of the molecule is Cc1c[c-]c(-c2cc(Cc3ccccc3)c(-c3ccccc3)cn2)cc1.Cc1cnc(-c2[c-]cccc2)cc1CC1CCCCC1.[Ir]. The van der Waals surface area contributed by atoms with E-state index in [1.807, 2.05) is 42.7 Å². The quantitative estimate of drug-likeness (QED) is 0.151. The van der Waals surface area contributed by atoms with E-state index in [9.17, 15) is 0 Å². The molecule has 0 amide bonds. The van der Waals surface area contributed by atoms with E-state index in [1.165, 1.54) is 77.5 Å². The zero-order chi connectivity index (χ0) is 31.6. The zero-order valence-electron chi connectivity index (χ0n) is 27.4. The summed E-state index contributed by atoms with van der Waals surface area (Å²) in [7, 11) is 0. The Kier molecular flexibility index (Phi) is 12.4. The van der Waals surface area contributed by atoms with Crippen molar-refractivity contribution in [2.24, 2.45) is 5.92 Å². The second-order valence-corrected chi connectivity index (χ2v) is 12.5. The molecule has 1 radical (unpaired) electrons. The van der Waals surface area contributed by atoms with Crippen LogP contribution < -0.4 is 0 Å². The molecule has 2 heterocycles. The first kappa shape index (κ1) is 34.2. The van der Waals surface area contributed by atoms with Gasteiger partial charge in [0.15, 0.2) is 0 Å². The molecule has 3 heteroatoms. The van der Waals surface area contributed by atoms with Gasteiger partial charge in [-0.25, -0.2) is 0 Å². The van der Waals surface area contributed by atoms with Crippen molar-refractivity contribution in [3.8, 4) is 33.6 Å². The van der Waals surface area contributed by atoms with E-state index in [4.69, 9.17) is 4.98 Å². The molecule has 0 saturated heterocycles. The summed E-state index contributed by atoms with van der Waals surface area (Å²) in [6.07, 6.45) is 13.2. The maximum absolute atomic E-state index is 4.73. The number of benzene rings is 4. The van der Waals surface area contributed by atoms with Crippen LogP contribution in [0, 0.1) is 31.9 Å². The smallest absolute Gasteiger partial charge is 0.0242 e. The van der Waals surface area contributed by atoms with Gasteiger partial charge in [0, 0.05) is 38.1 Å². The van der Waals surface area contributed by atoms with Gasteiger partial charge < -0.3 is 9.97 Å². The van der Waals surface area contributed by atoms with Gasteiger partial charge in [-0.3, -0.25) is 0 Å². The van der Waals surface area contributed by atoms with Crippen molar-refractivity contribution in [3.63, 3.8) is 0 Å². The van der Waals surface area contributed by atoms with Gasteiger partial charge in [-0.2, -0.15) is 0 Å². The van der Waals surface area contributed by atoms with Crippen LogP contribution in [-0.2, 0) is 32.9 Å². The zero-order valence-corrected chi connectivity index (χ0v) is 29.8. The van der Waals surface area contributed by atoms with Crippen LogP contribution in [-0.4, -0.2) is 9.97 Å². The van der Waals surface area contributed by atoms with E-state index in [1.54, 1.807) is 0 Å². The van der Waals surface area contributed by atoms with Crippen LogP contribution in [0.25, 0.3) is 33.6 Å². The number of nitrogens with zero attached hydrogens (tertiary/aromatic N) is 2. The van der Waals surface area contributed by atoms with Crippen LogP contribution in [0.4, 0.5) is 0 Å². The van der Waals surface area contributed by atoms with E-state index in [2.05, 4.69) is 116 Å². The van der Waals surface area contributed by atoms with Crippen LogP contribution in [0.1, 0.15) is 59.9 Å². The average Bonchev–Trinajstić information content (AvgIpc) is 3.11. The molecule has 0 spiro atoms. The Morgan fingerprint density at radius 1 is 0.660 bits per heavy atom. The molecule has 0 unspecified atom stereocenters. The largest absolute Gasteiger partial charge is 0.304 e. The first-order valence-electron chi connectivity index (χ1n) is 16.6. The standard InChI is InChI=1S/C25H20N.C19H22N.Ir/c1-19-12-14-22(15-13-19)25-17-23(16-20-8-4-2-5-9-20)24(18-26-25)21-10-6-3-7-11-21;1-15-14-20-19(17-10-6-3-7-11-17)13-18(15)12-16-8-4-2-5-9-16;/h2-14,17-18H,16H2,1H3;3,6-7,10,13-14,16H,2,4-5,8-9,12H2,1H3;/q2*-1;. The van der Waals surface area contributed by atoms with Crippen LogP contribution in [0.15, 0.2) is 128 Å². The molecule has 1 aliphatic carbocycles. The fourth-order valence-electron chi connectivity index (χ4n) is 6.33. The van der Waals surface area contributed by atoms with Gasteiger partial charge >= 0.3 is 0 Å². The molecule has 2 nitrogen and oxygen atoms in total. The minimum Gasteiger partial charge on any atom is -0.304 e. The van der Waals surface area contributed by atoms with E-state index >= 15 is 0 Å². The average molecular weight is 791 g/mol. The van der Waals surface area contributed by atoms with Gasteiger partial charge in [-0.05, 0) is 59.3 Å². The molecule has 7 rings (SSSR count). The molecule has 0 aliphatic heterocycles. The summed E-state index contributed by atoms with van der Waals surface area (Å²) in [5, 5.41) is 0. The molecule has 1 fully saturated rings. The summed E-state index contributed by atoms with van der Waals surface area (Å²) in [4.78, 5) is 9.30. The Morgan fingerprint density at radius 3 is 2.00 bits per heavy atom. The summed E-state index contributed by atoms with van der Waals surface area (Å²) in [6.45, 7) is 4.26. The van der Waals surface area contributed by atoms with Gasteiger partial charge in [0.2, 0.25) is 0 Å². The number of aromatic nitrogens is 2. The topological polar surface area (TPSA) is 25.8 Å². The van der Waals surface area contributed by atoms with Crippen LogP contribution in [0.3, 0.4) is 0 Å². The summed E-state index contributed by atoms with van der Waals surface area (Å²) >= 11 is 0. The number of hydrogen-bond acceptors (Lipinski definition) is 2. The number of pyridine rings is 2. The van der Waals surface area contributed by atoms with Crippen molar-refractivity contribution in [2.45, 2.75) is 58.8 Å². The Balaban J connectivity index is 0.000000187.